The van der Waals surface area contributed by atoms with Crippen LogP contribution in [-0.4, -0.2) is 45.9 Å². The maximum atomic E-state index is 12.9. The molecule has 0 aliphatic heterocycles. The zero-order chi connectivity index (χ0) is 19.2. The molecule has 0 saturated carbocycles. The molecule has 2 aromatic carbocycles. The molecule has 3 aromatic rings. The summed E-state index contributed by atoms with van der Waals surface area (Å²) in [4.78, 5) is 21.1. The van der Waals surface area contributed by atoms with Crippen molar-refractivity contribution in [3.05, 3.63) is 78.4 Å². The minimum atomic E-state index is 0.0888. The largest absolute Gasteiger partial charge is 0.337 e. The number of amides is 1. The summed E-state index contributed by atoms with van der Waals surface area (Å²) in [7, 11) is 5.78. The lowest BCUT2D eigenvalue weighted by atomic mass is 9.99. The van der Waals surface area contributed by atoms with Crippen molar-refractivity contribution in [1.29, 1.82) is 0 Å². The quantitative estimate of drug-likeness (QED) is 0.648. The van der Waals surface area contributed by atoms with Crippen LogP contribution in [0.15, 0.2) is 67.0 Å². The summed E-state index contributed by atoms with van der Waals surface area (Å²) in [6.45, 7) is 1.40. The SMILES string of the molecule is CN(C)CC(=O)N(Cc1ccccc1-c1ccccc1)Cc1nccn1C. The molecule has 0 aliphatic rings. The molecule has 0 spiro atoms. The Bertz CT molecular complexity index is 886. The van der Waals surface area contributed by atoms with Crippen molar-refractivity contribution in [1.82, 2.24) is 19.4 Å². The van der Waals surface area contributed by atoms with E-state index in [0.717, 1.165) is 22.5 Å². The van der Waals surface area contributed by atoms with E-state index in [1.165, 1.54) is 0 Å². The summed E-state index contributed by atoms with van der Waals surface area (Å²) in [6.07, 6.45) is 3.67. The number of nitrogens with zero attached hydrogens (tertiary/aromatic N) is 4. The average Bonchev–Trinajstić information content (AvgIpc) is 3.06. The van der Waals surface area contributed by atoms with Gasteiger partial charge in [-0.05, 0) is 30.8 Å². The van der Waals surface area contributed by atoms with Crippen molar-refractivity contribution in [2.75, 3.05) is 20.6 Å². The number of hydrogen-bond acceptors (Lipinski definition) is 3. The molecular weight excluding hydrogens is 336 g/mol. The number of likely N-dealkylation sites (N-methyl/N-ethyl adjacent to an activating group) is 1. The maximum absolute atomic E-state index is 12.9. The predicted molar refractivity (Wildman–Crippen MR) is 108 cm³/mol. The zero-order valence-electron chi connectivity index (χ0n) is 16.2. The first kappa shape index (κ1) is 18.9. The van der Waals surface area contributed by atoms with Gasteiger partial charge in [0.15, 0.2) is 0 Å². The first-order valence-electron chi connectivity index (χ1n) is 9.06. The van der Waals surface area contributed by atoms with E-state index in [0.29, 0.717) is 19.6 Å². The van der Waals surface area contributed by atoms with Gasteiger partial charge in [0.05, 0.1) is 13.1 Å². The number of carbonyl (C=O) groups excluding carboxylic acids is 1. The highest BCUT2D eigenvalue weighted by Crippen LogP contribution is 2.25. The second-order valence-electron chi connectivity index (χ2n) is 6.97. The molecule has 1 amide bonds. The average molecular weight is 362 g/mol. The Kier molecular flexibility index (Phi) is 6.04. The van der Waals surface area contributed by atoms with E-state index in [1.54, 1.807) is 6.20 Å². The summed E-state index contributed by atoms with van der Waals surface area (Å²) >= 11 is 0. The lowest BCUT2D eigenvalue weighted by molar-refractivity contribution is -0.133. The van der Waals surface area contributed by atoms with E-state index in [-0.39, 0.29) is 5.91 Å². The van der Waals surface area contributed by atoms with Crippen molar-refractivity contribution >= 4 is 5.91 Å². The Labute approximate surface area is 160 Å². The van der Waals surface area contributed by atoms with Crippen LogP contribution in [0, 0.1) is 0 Å². The van der Waals surface area contributed by atoms with Gasteiger partial charge in [-0.3, -0.25) is 4.79 Å². The fraction of sp³-hybridized carbons (Fsp3) is 0.273. The Morgan fingerprint density at radius 2 is 1.70 bits per heavy atom. The molecule has 0 saturated heterocycles. The second kappa shape index (κ2) is 8.64. The normalized spacial score (nSPS) is 11.0. The molecule has 0 aliphatic carbocycles. The van der Waals surface area contributed by atoms with E-state index < -0.39 is 0 Å². The fourth-order valence-electron chi connectivity index (χ4n) is 3.09. The third-order valence-corrected chi connectivity index (χ3v) is 4.52. The summed E-state index contributed by atoms with van der Waals surface area (Å²) in [6, 6.07) is 18.6. The molecule has 0 unspecified atom stereocenters. The molecule has 5 nitrogen and oxygen atoms in total. The van der Waals surface area contributed by atoms with Gasteiger partial charge in [0.2, 0.25) is 5.91 Å². The minimum absolute atomic E-state index is 0.0888. The number of hydrogen-bond donors (Lipinski definition) is 0. The van der Waals surface area contributed by atoms with E-state index in [2.05, 4.69) is 29.2 Å². The summed E-state index contributed by atoms with van der Waals surface area (Å²) in [5.74, 6) is 0.963. The van der Waals surface area contributed by atoms with Gasteiger partial charge < -0.3 is 14.4 Å². The Morgan fingerprint density at radius 3 is 2.37 bits per heavy atom. The molecule has 0 bridgehead atoms. The van der Waals surface area contributed by atoms with Crippen molar-refractivity contribution in [3.63, 3.8) is 0 Å². The van der Waals surface area contributed by atoms with Crippen molar-refractivity contribution in [3.8, 4) is 11.1 Å². The van der Waals surface area contributed by atoms with Crippen LogP contribution in [-0.2, 0) is 24.9 Å². The molecule has 140 valence electrons. The molecule has 0 atom stereocenters. The topological polar surface area (TPSA) is 41.4 Å². The molecule has 1 heterocycles. The summed E-state index contributed by atoms with van der Waals surface area (Å²) in [5, 5.41) is 0. The molecule has 5 heteroatoms. The maximum Gasteiger partial charge on any atom is 0.237 e. The predicted octanol–water partition coefficient (Wildman–Crippen LogP) is 3.18. The lowest BCUT2D eigenvalue weighted by Crippen LogP contribution is -2.37. The summed E-state index contributed by atoms with van der Waals surface area (Å²) in [5.41, 5.74) is 3.44. The zero-order valence-corrected chi connectivity index (χ0v) is 16.2. The van der Waals surface area contributed by atoms with Crippen molar-refractivity contribution < 1.29 is 4.79 Å². The summed E-state index contributed by atoms with van der Waals surface area (Å²) < 4.78 is 1.96. The Morgan fingerprint density at radius 1 is 1.00 bits per heavy atom. The van der Waals surface area contributed by atoms with E-state index >= 15 is 0 Å². The highest BCUT2D eigenvalue weighted by Gasteiger charge is 2.18. The van der Waals surface area contributed by atoms with Crippen LogP contribution in [0.25, 0.3) is 11.1 Å². The van der Waals surface area contributed by atoms with Crippen LogP contribution in [0.2, 0.25) is 0 Å². The first-order chi connectivity index (χ1) is 13.0. The third kappa shape index (κ3) is 4.83. The number of benzene rings is 2. The molecule has 3 rings (SSSR count). The van der Waals surface area contributed by atoms with Gasteiger partial charge in [-0.2, -0.15) is 0 Å². The molecular formula is C22H26N4O. The number of aryl methyl sites for hydroxylation is 1. The standard InChI is InChI=1S/C22H26N4O/c1-24(2)17-22(27)26(16-21-23-13-14-25(21)3)15-19-11-7-8-12-20(19)18-9-5-4-6-10-18/h4-14H,15-17H2,1-3H3. The fourth-order valence-corrected chi connectivity index (χ4v) is 3.09. The second-order valence-corrected chi connectivity index (χ2v) is 6.97. The molecule has 0 radical (unpaired) electrons. The van der Waals surface area contributed by atoms with Crippen LogP contribution >= 0.6 is 0 Å². The molecule has 1 aromatic heterocycles. The van der Waals surface area contributed by atoms with Crippen LogP contribution in [0.5, 0.6) is 0 Å². The molecule has 27 heavy (non-hydrogen) atoms. The van der Waals surface area contributed by atoms with Gasteiger partial charge in [-0.15, -0.1) is 0 Å². The lowest BCUT2D eigenvalue weighted by Gasteiger charge is -2.25. The number of carbonyl (C=O) groups is 1. The Balaban J connectivity index is 1.90. The highest BCUT2D eigenvalue weighted by atomic mass is 16.2. The Hall–Kier alpha value is -2.92. The number of imidazole rings is 1. The van der Waals surface area contributed by atoms with Gasteiger partial charge >= 0.3 is 0 Å². The monoisotopic (exact) mass is 362 g/mol. The molecule has 0 fully saturated rings. The van der Waals surface area contributed by atoms with E-state index in [4.69, 9.17) is 0 Å². The minimum Gasteiger partial charge on any atom is -0.337 e. The van der Waals surface area contributed by atoms with E-state index in [1.807, 2.05) is 72.0 Å². The van der Waals surface area contributed by atoms with Crippen LogP contribution in [0.1, 0.15) is 11.4 Å². The first-order valence-corrected chi connectivity index (χ1v) is 9.06. The van der Waals surface area contributed by atoms with Crippen LogP contribution in [0.4, 0.5) is 0 Å². The van der Waals surface area contributed by atoms with Gasteiger partial charge in [0, 0.05) is 26.0 Å². The van der Waals surface area contributed by atoms with E-state index in [9.17, 15) is 4.79 Å². The van der Waals surface area contributed by atoms with Gasteiger partial charge in [-0.1, -0.05) is 54.6 Å². The van der Waals surface area contributed by atoms with Gasteiger partial charge in [0.25, 0.3) is 0 Å². The number of rotatable bonds is 7. The van der Waals surface area contributed by atoms with Crippen LogP contribution in [0.3, 0.4) is 0 Å². The highest BCUT2D eigenvalue weighted by molar-refractivity contribution is 5.78. The number of aromatic nitrogens is 2. The van der Waals surface area contributed by atoms with Crippen LogP contribution < -0.4 is 0 Å². The van der Waals surface area contributed by atoms with Crippen molar-refractivity contribution in [2.24, 2.45) is 7.05 Å². The molecule has 0 N–H and O–H groups in total. The third-order valence-electron chi connectivity index (χ3n) is 4.52. The van der Waals surface area contributed by atoms with Gasteiger partial charge in [0.1, 0.15) is 5.82 Å². The van der Waals surface area contributed by atoms with Crippen molar-refractivity contribution in [2.45, 2.75) is 13.1 Å². The smallest absolute Gasteiger partial charge is 0.237 e. The van der Waals surface area contributed by atoms with Gasteiger partial charge in [-0.25, -0.2) is 4.98 Å².